The van der Waals surface area contributed by atoms with Crippen molar-refractivity contribution in [3.63, 3.8) is 0 Å². The second-order valence-corrected chi connectivity index (χ2v) is 4.98. The summed E-state index contributed by atoms with van der Waals surface area (Å²) in [6.07, 6.45) is 3.38. The van der Waals surface area contributed by atoms with Crippen molar-refractivity contribution in [3.8, 4) is 0 Å². The van der Waals surface area contributed by atoms with Crippen molar-refractivity contribution >= 4 is 5.91 Å². The number of furan rings is 1. The molecule has 1 aliphatic carbocycles. The van der Waals surface area contributed by atoms with Gasteiger partial charge in [-0.1, -0.05) is 30.3 Å². The molecule has 3 rings (SSSR count). The van der Waals surface area contributed by atoms with Gasteiger partial charge in [-0.15, -0.1) is 0 Å². The van der Waals surface area contributed by atoms with Gasteiger partial charge in [0, 0.05) is 18.9 Å². The highest BCUT2D eigenvalue weighted by atomic mass is 16.3. The summed E-state index contributed by atoms with van der Waals surface area (Å²) < 4.78 is 5.23. The second kappa shape index (κ2) is 5.31. The van der Waals surface area contributed by atoms with E-state index in [0.717, 1.165) is 18.6 Å². The average molecular weight is 255 g/mol. The molecule has 19 heavy (non-hydrogen) atoms. The van der Waals surface area contributed by atoms with E-state index in [0.29, 0.717) is 12.5 Å². The molecule has 2 atom stereocenters. The van der Waals surface area contributed by atoms with E-state index in [4.69, 9.17) is 4.42 Å². The molecule has 1 N–H and O–H groups in total. The maximum atomic E-state index is 12.0. The van der Waals surface area contributed by atoms with Gasteiger partial charge in [0.1, 0.15) is 5.76 Å². The highest BCUT2D eigenvalue weighted by Gasteiger charge is 2.43. The molecule has 3 heteroatoms. The first-order valence-electron chi connectivity index (χ1n) is 6.69. The van der Waals surface area contributed by atoms with Crippen molar-refractivity contribution in [2.45, 2.75) is 18.8 Å². The highest BCUT2D eigenvalue weighted by molar-refractivity contribution is 5.82. The number of rotatable bonds is 5. The summed E-state index contributed by atoms with van der Waals surface area (Å²) in [5, 5.41) is 2.98. The van der Waals surface area contributed by atoms with Gasteiger partial charge < -0.3 is 9.73 Å². The fourth-order valence-corrected chi connectivity index (χ4v) is 2.45. The summed E-state index contributed by atoms with van der Waals surface area (Å²) in [5.41, 5.74) is 1.27. The van der Waals surface area contributed by atoms with Gasteiger partial charge in [-0.2, -0.15) is 0 Å². The lowest BCUT2D eigenvalue weighted by Gasteiger charge is -2.03. The molecule has 1 aromatic carbocycles. The van der Waals surface area contributed by atoms with Crippen LogP contribution in [0.4, 0.5) is 0 Å². The lowest BCUT2D eigenvalue weighted by molar-refractivity contribution is -0.122. The summed E-state index contributed by atoms with van der Waals surface area (Å²) in [5.74, 6) is 1.64. The van der Waals surface area contributed by atoms with Crippen LogP contribution in [0.3, 0.4) is 0 Å². The molecule has 2 aromatic rings. The van der Waals surface area contributed by atoms with Crippen LogP contribution in [0, 0.1) is 5.92 Å². The van der Waals surface area contributed by atoms with Gasteiger partial charge in [-0.3, -0.25) is 4.79 Å². The Bertz CT molecular complexity index is 533. The molecule has 1 aromatic heterocycles. The van der Waals surface area contributed by atoms with Gasteiger partial charge >= 0.3 is 0 Å². The summed E-state index contributed by atoms with van der Waals surface area (Å²) in [6.45, 7) is 0.643. The molecule has 1 saturated carbocycles. The second-order valence-electron chi connectivity index (χ2n) is 4.98. The van der Waals surface area contributed by atoms with E-state index < -0.39 is 0 Å². The van der Waals surface area contributed by atoms with E-state index in [1.54, 1.807) is 6.26 Å². The van der Waals surface area contributed by atoms with Gasteiger partial charge in [0.05, 0.1) is 6.26 Å². The van der Waals surface area contributed by atoms with Gasteiger partial charge in [0.25, 0.3) is 0 Å². The van der Waals surface area contributed by atoms with Crippen LogP contribution in [0.1, 0.15) is 23.7 Å². The summed E-state index contributed by atoms with van der Waals surface area (Å²) in [6, 6.07) is 14.0. The molecule has 3 nitrogen and oxygen atoms in total. The SMILES string of the molecule is O=C(NCCc1ccco1)[C@H]1C[C@H]1c1ccccc1. The van der Waals surface area contributed by atoms with Crippen LogP contribution in [0.5, 0.6) is 0 Å². The first kappa shape index (κ1) is 12.0. The molecule has 1 aliphatic rings. The van der Waals surface area contributed by atoms with Crippen molar-refractivity contribution in [3.05, 3.63) is 60.1 Å². The lowest BCUT2D eigenvalue weighted by atomic mass is 10.1. The number of hydrogen-bond acceptors (Lipinski definition) is 2. The number of carbonyl (C=O) groups excluding carboxylic acids is 1. The minimum Gasteiger partial charge on any atom is -0.469 e. The van der Waals surface area contributed by atoms with Crippen LogP contribution in [0.2, 0.25) is 0 Å². The van der Waals surface area contributed by atoms with Gasteiger partial charge in [-0.05, 0) is 30.0 Å². The zero-order chi connectivity index (χ0) is 13.1. The number of nitrogens with one attached hydrogen (secondary N) is 1. The third-order valence-electron chi connectivity index (χ3n) is 3.61. The molecule has 0 radical (unpaired) electrons. The Morgan fingerprint density at radius 3 is 2.79 bits per heavy atom. The zero-order valence-corrected chi connectivity index (χ0v) is 10.7. The van der Waals surface area contributed by atoms with Gasteiger partial charge in [-0.25, -0.2) is 0 Å². The average Bonchev–Trinajstić information content (AvgIpc) is 3.09. The highest BCUT2D eigenvalue weighted by Crippen LogP contribution is 2.47. The van der Waals surface area contributed by atoms with Crippen molar-refractivity contribution < 1.29 is 9.21 Å². The van der Waals surface area contributed by atoms with Crippen LogP contribution in [-0.4, -0.2) is 12.5 Å². The molecule has 0 saturated heterocycles. The van der Waals surface area contributed by atoms with Crippen LogP contribution >= 0.6 is 0 Å². The Morgan fingerprint density at radius 2 is 2.05 bits per heavy atom. The Hall–Kier alpha value is -2.03. The Labute approximate surface area is 112 Å². The van der Waals surface area contributed by atoms with Crippen LogP contribution in [0.25, 0.3) is 0 Å². The van der Waals surface area contributed by atoms with Gasteiger partial charge in [0.15, 0.2) is 0 Å². The van der Waals surface area contributed by atoms with Crippen LogP contribution < -0.4 is 5.32 Å². The number of hydrogen-bond donors (Lipinski definition) is 1. The Kier molecular flexibility index (Phi) is 3.36. The third-order valence-corrected chi connectivity index (χ3v) is 3.61. The first-order chi connectivity index (χ1) is 9.34. The standard InChI is InChI=1S/C16H17NO2/c18-16(17-9-8-13-7-4-10-19-13)15-11-14(15)12-5-2-1-3-6-12/h1-7,10,14-15H,8-9,11H2,(H,17,18)/t14-,15-/m0/s1. The molecule has 0 bridgehead atoms. The summed E-state index contributed by atoms with van der Waals surface area (Å²) in [7, 11) is 0. The maximum Gasteiger partial charge on any atom is 0.223 e. The fraction of sp³-hybridized carbons (Fsp3) is 0.312. The predicted molar refractivity (Wildman–Crippen MR) is 72.7 cm³/mol. The molecule has 1 amide bonds. The fourth-order valence-electron chi connectivity index (χ4n) is 2.45. The largest absolute Gasteiger partial charge is 0.469 e. The number of carbonyl (C=O) groups is 1. The number of amides is 1. The van der Waals surface area contributed by atoms with E-state index in [-0.39, 0.29) is 11.8 Å². The summed E-state index contributed by atoms with van der Waals surface area (Å²) >= 11 is 0. The minimum atomic E-state index is 0.152. The number of benzene rings is 1. The molecule has 1 heterocycles. The zero-order valence-electron chi connectivity index (χ0n) is 10.7. The van der Waals surface area contributed by atoms with Crippen molar-refractivity contribution in [2.24, 2.45) is 5.92 Å². The quantitative estimate of drug-likeness (QED) is 0.892. The summed E-state index contributed by atoms with van der Waals surface area (Å²) in [4.78, 5) is 12.0. The van der Waals surface area contributed by atoms with Crippen molar-refractivity contribution in [1.82, 2.24) is 5.32 Å². The monoisotopic (exact) mass is 255 g/mol. The normalized spacial score (nSPS) is 21.1. The minimum absolute atomic E-state index is 0.152. The predicted octanol–water partition coefficient (Wildman–Crippen LogP) is 2.74. The topological polar surface area (TPSA) is 42.2 Å². The van der Waals surface area contributed by atoms with Crippen molar-refractivity contribution in [1.29, 1.82) is 0 Å². The van der Waals surface area contributed by atoms with E-state index in [2.05, 4.69) is 17.4 Å². The van der Waals surface area contributed by atoms with E-state index >= 15 is 0 Å². The Morgan fingerprint density at radius 1 is 1.21 bits per heavy atom. The smallest absolute Gasteiger partial charge is 0.223 e. The molecule has 0 unspecified atom stereocenters. The molecular formula is C16H17NO2. The maximum absolute atomic E-state index is 12.0. The molecular weight excluding hydrogens is 238 g/mol. The lowest BCUT2D eigenvalue weighted by Crippen LogP contribution is -2.27. The molecule has 1 fully saturated rings. The van der Waals surface area contributed by atoms with Gasteiger partial charge in [0.2, 0.25) is 5.91 Å². The van der Waals surface area contributed by atoms with E-state index in [1.807, 2.05) is 30.3 Å². The Balaban J connectivity index is 1.45. The molecule has 98 valence electrons. The molecule has 0 spiro atoms. The van der Waals surface area contributed by atoms with Crippen LogP contribution in [-0.2, 0) is 11.2 Å². The third kappa shape index (κ3) is 2.87. The van der Waals surface area contributed by atoms with E-state index in [9.17, 15) is 4.79 Å². The van der Waals surface area contributed by atoms with Crippen molar-refractivity contribution in [2.75, 3.05) is 6.54 Å². The van der Waals surface area contributed by atoms with Crippen LogP contribution in [0.15, 0.2) is 53.1 Å². The van der Waals surface area contributed by atoms with E-state index in [1.165, 1.54) is 5.56 Å². The first-order valence-corrected chi connectivity index (χ1v) is 6.69. The molecule has 0 aliphatic heterocycles.